The van der Waals surface area contributed by atoms with Gasteiger partial charge in [-0.25, -0.2) is 4.39 Å². The highest BCUT2D eigenvalue weighted by molar-refractivity contribution is 6.54. The minimum atomic E-state index is -1.45. The summed E-state index contributed by atoms with van der Waals surface area (Å²) in [7, 11) is 0. The topological polar surface area (TPSA) is 109 Å². The van der Waals surface area contributed by atoms with Gasteiger partial charge in [0.15, 0.2) is 11.8 Å². The summed E-state index contributed by atoms with van der Waals surface area (Å²) in [5.74, 6) is -7.89. The average molecular weight is 464 g/mol. The van der Waals surface area contributed by atoms with Gasteiger partial charge in [-0.2, -0.15) is 13.8 Å². The van der Waals surface area contributed by atoms with Crippen LogP contribution in [0.4, 0.5) is 13.2 Å². The van der Waals surface area contributed by atoms with E-state index in [1.54, 1.807) is 4.90 Å². The molecule has 1 spiro atoms. The molecular formula is C21H19F3N4O5. The second kappa shape index (κ2) is 7.37. The average Bonchev–Trinajstić information content (AvgIpc) is 3.32. The number of pyridine rings is 1. The number of hydrogen-bond acceptors (Lipinski definition) is 7. The maximum absolute atomic E-state index is 13.8. The Morgan fingerprint density at radius 1 is 1.30 bits per heavy atom. The van der Waals surface area contributed by atoms with E-state index in [0.717, 1.165) is 6.42 Å². The smallest absolute Gasteiger partial charge is 0.257 e. The minimum Gasteiger partial charge on any atom is -0.351 e. The second-order valence-electron chi connectivity index (χ2n) is 8.59. The van der Waals surface area contributed by atoms with Gasteiger partial charge in [-0.1, -0.05) is 0 Å². The summed E-state index contributed by atoms with van der Waals surface area (Å²) in [6.07, 6.45) is 3.03. The van der Waals surface area contributed by atoms with E-state index in [0.29, 0.717) is 25.5 Å². The molecule has 5 rings (SSSR count). The van der Waals surface area contributed by atoms with Gasteiger partial charge in [-0.15, -0.1) is 0 Å². The number of amides is 2. The number of hydrogen-bond donors (Lipinski definition) is 1. The van der Waals surface area contributed by atoms with Crippen LogP contribution in [0.5, 0.6) is 0 Å². The van der Waals surface area contributed by atoms with E-state index in [9.17, 15) is 32.3 Å². The Hall–Kier alpha value is -3.28. The van der Waals surface area contributed by atoms with Crippen LogP contribution < -0.4 is 5.32 Å². The highest BCUT2D eigenvalue weighted by atomic mass is 19.1. The number of nitrogens with one attached hydrogen (secondary N) is 1. The molecule has 1 unspecified atom stereocenters. The van der Waals surface area contributed by atoms with Crippen LogP contribution in [-0.2, 0) is 30.5 Å². The number of halogens is 3. The monoisotopic (exact) mass is 464 g/mol. The van der Waals surface area contributed by atoms with Crippen molar-refractivity contribution in [2.45, 2.75) is 56.6 Å². The number of piperazine rings is 1. The fraction of sp³-hybridized carbons (Fsp3) is 0.476. The van der Waals surface area contributed by atoms with E-state index in [4.69, 9.17) is 4.74 Å². The lowest BCUT2D eigenvalue weighted by Gasteiger charge is -2.52. The molecule has 0 aromatic carbocycles. The van der Waals surface area contributed by atoms with Gasteiger partial charge in [0, 0.05) is 12.3 Å². The summed E-state index contributed by atoms with van der Waals surface area (Å²) in [6, 6.07) is -1.71. The lowest BCUT2D eigenvalue weighted by Crippen LogP contribution is -2.73. The molecule has 1 aliphatic carbocycles. The maximum Gasteiger partial charge on any atom is 0.257 e. The predicted octanol–water partition coefficient (Wildman–Crippen LogP) is 0.331. The fourth-order valence-corrected chi connectivity index (χ4v) is 5.34. The Morgan fingerprint density at radius 3 is 2.79 bits per heavy atom. The Balaban J connectivity index is 1.45. The third-order valence-electron chi connectivity index (χ3n) is 6.74. The van der Waals surface area contributed by atoms with Crippen LogP contribution in [0.1, 0.15) is 31.7 Å². The molecule has 12 heteroatoms. The van der Waals surface area contributed by atoms with Gasteiger partial charge in [0.05, 0.1) is 30.8 Å². The van der Waals surface area contributed by atoms with E-state index in [-0.39, 0.29) is 6.04 Å². The van der Waals surface area contributed by atoms with Crippen molar-refractivity contribution < 1.29 is 37.1 Å². The van der Waals surface area contributed by atoms with Gasteiger partial charge >= 0.3 is 0 Å². The first kappa shape index (κ1) is 21.6. The second-order valence-corrected chi connectivity index (χ2v) is 8.59. The molecule has 4 heterocycles. The van der Waals surface area contributed by atoms with Crippen LogP contribution in [0.3, 0.4) is 0 Å². The summed E-state index contributed by atoms with van der Waals surface area (Å²) in [5, 5.41) is 2.16. The van der Waals surface area contributed by atoms with Crippen molar-refractivity contribution in [1.82, 2.24) is 20.1 Å². The molecule has 33 heavy (non-hydrogen) atoms. The summed E-state index contributed by atoms with van der Waals surface area (Å²) >= 11 is 0. The van der Waals surface area contributed by atoms with Crippen molar-refractivity contribution in [3.63, 3.8) is 0 Å². The van der Waals surface area contributed by atoms with Crippen molar-refractivity contribution in [3.8, 4) is 0 Å². The number of carbonyl (C=O) groups is 4. The van der Waals surface area contributed by atoms with Gasteiger partial charge in [0.1, 0.15) is 11.4 Å². The van der Waals surface area contributed by atoms with Crippen molar-refractivity contribution in [2.75, 3.05) is 6.61 Å². The number of nitrogens with zero attached hydrogens (tertiary/aromatic N) is 3. The van der Waals surface area contributed by atoms with Gasteiger partial charge < -0.3 is 19.9 Å². The summed E-state index contributed by atoms with van der Waals surface area (Å²) in [6.45, 7) is 1.38. The first-order valence-corrected chi connectivity index (χ1v) is 10.5. The minimum absolute atomic E-state index is 0.258. The molecule has 2 amide bonds. The van der Waals surface area contributed by atoms with Gasteiger partial charge in [-0.05, 0) is 26.2 Å². The first-order valence-electron chi connectivity index (χ1n) is 10.5. The predicted molar refractivity (Wildman–Crippen MR) is 102 cm³/mol. The zero-order valence-electron chi connectivity index (χ0n) is 17.4. The molecule has 0 bridgehead atoms. The van der Waals surface area contributed by atoms with Crippen LogP contribution >= 0.6 is 0 Å². The van der Waals surface area contributed by atoms with Gasteiger partial charge in [-0.3, -0.25) is 19.2 Å². The van der Waals surface area contributed by atoms with Crippen molar-refractivity contribution in [1.29, 1.82) is 0 Å². The molecule has 0 radical (unpaired) electrons. The number of ketones is 2. The lowest BCUT2D eigenvalue weighted by atomic mass is 9.87. The Morgan fingerprint density at radius 2 is 2.06 bits per heavy atom. The molecular weight excluding hydrogens is 445 g/mol. The highest BCUT2D eigenvalue weighted by Gasteiger charge is 2.65. The number of aromatic nitrogens is 1. The maximum atomic E-state index is 13.8. The molecule has 4 aliphatic rings. The van der Waals surface area contributed by atoms with E-state index >= 15 is 0 Å². The highest BCUT2D eigenvalue weighted by Crippen LogP contribution is 2.49. The van der Waals surface area contributed by atoms with Crippen LogP contribution in [-0.4, -0.2) is 68.6 Å². The Labute approximate surface area is 185 Å². The van der Waals surface area contributed by atoms with Crippen LogP contribution in [0.25, 0.3) is 0 Å². The van der Waals surface area contributed by atoms with Crippen molar-refractivity contribution >= 4 is 23.4 Å². The molecule has 1 saturated carbocycles. The van der Waals surface area contributed by atoms with E-state index in [2.05, 4.69) is 10.3 Å². The van der Waals surface area contributed by atoms with Crippen LogP contribution in [0.2, 0.25) is 0 Å². The fourth-order valence-electron chi connectivity index (χ4n) is 5.34. The first-order chi connectivity index (χ1) is 15.7. The van der Waals surface area contributed by atoms with Crippen LogP contribution in [0, 0.1) is 17.7 Å². The number of carbonyl (C=O) groups excluding carboxylic acids is 4. The number of rotatable bonds is 3. The molecule has 174 valence electrons. The standard InChI is InChI=1S/C21H19F3N4O5/c1-9-8-33-21-4-2-3-13(21)27-7-11(16(29)17(30)15(27)20(32)28(9)21)19(31)25-6-10-12(22)5-14(23)26-18(10)24/h5,7,9,13,15H,2-4,6,8H2,1H3,(H,25,31)/t9-,13+,15?,21+/m1/s1. The van der Waals surface area contributed by atoms with Gasteiger partial charge in [0.2, 0.25) is 23.5 Å². The third kappa shape index (κ3) is 3.00. The quantitative estimate of drug-likeness (QED) is 0.297. The lowest BCUT2D eigenvalue weighted by molar-refractivity contribution is -0.185. The molecule has 3 fully saturated rings. The molecule has 1 aromatic rings. The molecule has 4 atom stereocenters. The Bertz CT molecular complexity index is 1120. The number of Topliss-reactive ketones (excluding diaryl/α,β-unsaturated/α-hetero) is 2. The Kier molecular flexibility index (Phi) is 4.82. The SMILES string of the molecule is C[C@@H]1CO[C@@]23CCC[C@@H]2N2C=C(C(=O)NCc4c(F)cc(F)nc4F)C(=O)C(=O)C2C(=O)N13. The van der Waals surface area contributed by atoms with E-state index < -0.39 is 76.6 Å². The molecule has 3 aliphatic heterocycles. The zero-order chi connectivity index (χ0) is 23.7. The molecule has 9 nitrogen and oxygen atoms in total. The number of fused-ring (bicyclic) bond motifs is 2. The number of ether oxygens (including phenoxy) is 1. The summed E-state index contributed by atoms with van der Waals surface area (Å²) < 4.78 is 46.6. The van der Waals surface area contributed by atoms with E-state index in [1.807, 2.05) is 6.92 Å². The molecule has 1 aromatic heterocycles. The zero-order valence-corrected chi connectivity index (χ0v) is 17.4. The van der Waals surface area contributed by atoms with Crippen molar-refractivity contribution in [2.24, 2.45) is 0 Å². The summed E-state index contributed by atoms with van der Waals surface area (Å²) in [4.78, 5) is 57.4. The summed E-state index contributed by atoms with van der Waals surface area (Å²) in [5.41, 5.74) is -2.19. The van der Waals surface area contributed by atoms with Crippen molar-refractivity contribution in [3.05, 3.63) is 41.1 Å². The molecule has 1 N–H and O–H groups in total. The normalized spacial score (nSPS) is 30.7. The van der Waals surface area contributed by atoms with Crippen LogP contribution in [0.15, 0.2) is 17.8 Å². The third-order valence-corrected chi connectivity index (χ3v) is 6.74. The largest absolute Gasteiger partial charge is 0.351 e. The molecule has 2 saturated heterocycles. The van der Waals surface area contributed by atoms with Gasteiger partial charge in [0.25, 0.3) is 11.8 Å². The van der Waals surface area contributed by atoms with E-state index in [1.165, 1.54) is 11.1 Å².